The summed E-state index contributed by atoms with van der Waals surface area (Å²) in [5, 5.41) is 0. The lowest BCUT2D eigenvalue weighted by atomic mass is 10.0. The molecule has 0 amide bonds. The Hall–Kier alpha value is -0.130. The van der Waals surface area contributed by atoms with E-state index in [9.17, 15) is 8.42 Å². The van der Waals surface area contributed by atoms with Crippen LogP contribution in [0.3, 0.4) is 0 Å². The summed E-state index contributed by atoms with van der Waals surface area (Å²) < 4.78 is 22.6. The third-order valence-electron chi connectivity index (χ3n) is 3.21. The SMILES string of the molecule is N[C@@H]1CCCN([C@H]2CCS(=O)(=O)C2)C1. The lowest BCUT2D eigenvalue weighted by Crippen LogP contribution is -2.48. The number of sulfone groups is 1. The van der Waals surface area contributed by atoms with Gasteiger partial charge in [0.25, 0.3) is 0 Å². The summed E-state index contributed by atoms with van der Waals surface area (Å²) in [6, 6.07) is 0.485. The molecule has 2 atom stereocenters. The van der Waals surface area contributed by atoms with Gasteiger partial charge in [0.15, 0.2) is 9.84 Å². The van der Waals surface area contributed by atoms with Crippen molar-refractivity contribution in [1.82, 2.24) is 4.90 Å². The van der Waals surface area contributed by atoms with Crippen molar-refractivity contribution < 1.29 is 8.42 Å². The molecule has 2 fully saturated rings. The van der Waals surface area contributed by atoms with E-state index in [1.165, 1.54) is 0 Å². The van der Waals surface area contributed by atoms with Gasteiger partial charge in [-0.15, -0.1) is 0 Å². The number of nitrogens with two attached hydrogens (primary N) is 1. The fourth-order valence-corrected chi connectivity index (χ4v) is 4.20. The van der Waals surface area contributed by atoms with Gasteiger partial charge in [0.2, 0.25) is 0 Å². The molecular weight excluding hydrogens is 200 g/mol. The van der Waals surface area contributed by atoms with Crippen molar-refractivity contribution in [2.45, 2.75) is 31.3 Å². The average molecular weight is 218 g/mol. The molecular formula is C9H18N2O2S. The molecule has 2 heterocycles. The number of nitrogens with zero attached hydrogens (tertiary/aromatic N) is 1. The Morgan fingerprint density at radius 1 is 1.29 bits per heavy atom. The van der Waals surface area contributed by atoms with Gasteiger partial charge in [-0.05, 0) is 25.8 Å². The molecule has 0 aromatic heterocycles. The molecule has 2 N–H and O–H groups in total. The van der Waals surface area contributed by atoms with E-state index in [0.717, 1.165) is 32.4 Å². The summed E-state index contributed by atoms with van der Waals surface area (Å²) in [5.41, 5.74) is 5.87. The first-order valence-electron chi connectivity index (χ1n) is 5.27. The maximum absolute atomic E-state index is 11.3. The Morgan fingerprint density at radius 3 is 2.64 bits per heavy atom. The maximum Gasteiger partial charge on any atom is 0.151 e. The summed E-state index contributed by atoms with van der Waals surface area (Å²) in [6.07, 6.45) is 2.99. The normalized spacial score (nSPS) is 38.6. The van der Waals surface area contributed by atoms with Gasteiger partial charge < -0.3 is 5.73 Å². The van der Waals surface area contributed by atoms with E-state index in [1.54, 1.807) is 0 Å². The van der Waals surface area contributed by atoms with Gasteiger partial charge in [-0.3, -0.25) is 4.90 Å². The first-order valence-corrected chi connectivity index (χ1v) is 7.09. The summed E-state index contributed by atoms with van der Waals surface area (Å²) >= 11 is 0. The second kappa shape index (κ2) is 3.79. The van der Waals surface area contributed by atoms with Crippen LogP contribution in [0.2, 0.25) is 0 Å². The van der Waals surface area contributed by atoms with Crippen molar-refractivity contribution in [1.29, 1.82) is 0 Å². The molecule has 5 heteroatoms. The van der Waals surface area contributed by atoms with Crippen LogP contribution in [0.5, 0.6) is 0 Å². The van der Waals surface area contributed by atoms with Crippen LogP contribution in [-0.4, -0.2) is 50.0 Å². The zero-order chi connectivity index (χ0) is 10.2. The molecule has 4 nitrogen and oxygen atoms in total. The molecule has 2 rings (SSSR count). The minimum absolute atomic E-state index is 0.242. The van der Waals surface area contributed by atoms with Crippen molar-refractivity contribution in [3.8, 4) is 0 Å². The van der Waals surface area contributed by atoms with E-state index in [-0.39, 0.29) is 12.1 Å². The summed E-state index contributed by atoms with van der Waals surface area (Å²) in [7, 11) is -2.74. The van der Waals surface area contributed by atoms with E-state index < -0.39 is 9.84 Å². The van der Waals surface area contributed by atoms with Crippen LogP contribution in [0.1, 0.15) is 19.3 Å². The molecule has 0 unspecified atom stereocenters. The molecule has 0 aromatic rings. The molecule has 0 bridgehead atoms. The minimum Gasteiger partial charge on any atom is -0.327 e. The largest absolute Gasteiger partial charge is 0.327 e. The molecule has 2 saturated heterocycles. The van der Waals surface area contributed by atoms with Crippen molar-refractivity contribution in [3.05, 3.63) is 0 Å². The molecule has 82 valence electrons. The highest BCUT2D eigenvalue weighted by atomic mass is 32.2. The van der Waals surface area contributed by atoms with E-state index in [4.69, 9.17) is 5.73 Å². The Kier molecular flexibility index (Phi) is 2.81. The van der Waals surface area contributed by atoms with Gasteiger partial charge in [-0.1, -0.05) is 0 Å². The topological polar surface area (TPSA) is 63.4 Å². The standard InChI is InChI=1S/C9H18N2O2S/c10-8-2-1-4-11(6-8)9-3-5-14(12,13)7-9/h8-9H,1-7,10H2/t8-,9+/m1/s1. The molecule has 14 heavy (non-hydrogen) atoms. The van der Waals surface area contributed by atoms with Crippen LogP contribution in [0.25, 0.3) is 0 Å². The molecule has 0 saturated carbocycles. The number of likely N-dealkylation sites (tertiary alicyclic amines) is 1. The number of piperidine rings is 1. The number of rotatable bonds is 1. The van der Waals surface area contributed by atoms with Crippen LogP contribution in [0, 0.1) is 0 Å². The summed E-state index contributed by atoms with van der Waals surface area (Å²) in [6.45, 7) is 1.90. The quantitative estimate of drug-likeness (QED) is 0.650. The minimum atomic E-state index is -2.74. The Labute approximate surface area is 85.4 Å². The Bertz CT molecular complexity index is 302. The van der Waals surface area contributed by atoms with Gasteiger partial charge >= 0.3 is 0 Å². The first-order chi connectivity index (χ1) is 6.57. The van der Waals surface area contributed by atoms with Gasteiger partial charge in [0, 0.05) is 18.6 Å². The smallest absolute Gasteiger partial charge is 0.151 e. The highest BCUT2D eigenvalue weighted by Gasteiger charge is 2.33. The lowest BCUT2D eigenvalue weighted by molar-refractivity contribution is 0.162. The molecule has 0 spiro atoms. The van der Waals surface area contributed by atoms with Crippen LogP contribution in [0.15, 0.2) is 0 Å². The van der Waals surface area contributed by atoms with Crippen molar-refractivity contribution in [2.75, 3.05) is 24.6 Å². The third kappa shape index (κ3) is 2.27. The first kappa shape index (κ1) is 10.4. The molecule has 2 aliphatic heterocycles. The highest BCUT2D eigenvalue weighted by Crippen LogP contribution is 2.21. The predicted octanol–water partition coefficient (Wildman–Crippen LogP) is -0.403. The molecule has 0 aromatic carbocycles. The zero-order valence-corrected chi connectivity index (χ0v) is 9.17. The zero-order valence-electron chi connectivity index (χ0n) is 8.35. The van der Waals surface area contributed by atoms with Crippen LogP contribution in [-0.2, 0) is 9.84 Å². The Morgan fingerprint density at radius 2 is 2.07 bits per heavy atom. The van der Waals surface area contributed by atoms with Crippen LogP contribution in [0.4, 0.5) is 0 Å². The van der Waals surface area contributed by atoms with E-state index >= 15 is 0 Å². The average Bonchev–Trinajstić information content (AvgIpc) is 2.46. The highest BCUT2D eigenvalue weighted by molar-refractivity contribution is 7.91. The second-order valence-corrected chi connectivity index (χ2v) is 6.68. The number of hydrogen-bond donors (Lipinski definition) is 1. The van der Waals surface area contributed by atoms with Crippen molar-refractivity contribution >= 4 is 9.84 Å². The van der Waals surface area contributed by atoms with Gasteiger partial charge in [-0.2, -0.15) is 0 Å². The van der Waals surface area contributed by atoms with E-state index in [2.05, 4.69) is 4.90 Å². The number of hydrogen-bond acceptors (Lipinski definition) is 4. The van der Waals surface area contributed by atoms with E-state index in [1.807, 2.05) is 0 Å². The molecule has 0 aliphatic carbocycles. The monoisotopic (exact) mass is 218 g/mol. The maximum atomic E-state index is 11.3. The fraction of sp³-hybridized carbons (Fsp3) is 1.00. The Balaban J connectivity index is 1.96. The predicted molar refractivity (Wildman–Crippen MR) is 55.8 cm³/mol. The summed E-state index contributed by atoms with van der Waals surface area (Å²) in [4.78, 5) is 2.26. The third-order valence-corrected chi connectivity index (χ3v) is 4.96. The lowest BCUT2D eigenvalue weighted by Gasteiger charge is -2.34. The fourth-order valence-electron chi connectivity index (χ4n) is 2.44. The van der Waals surface area contributed by atoms with Crippen LogP contribution < -0.4 is 5.73 Å². The van der Waals surface area contributed by atoms with Crippen molar-refractivity contribution in [2.24, 2.45) is 5.73 Å². The van der Waals surface area contributed by atoms with Gasteiger partial charge in [0.05, 0.1) is 11.5 Å². The van der Waals surface area contributed by atoms with Crippen LogP contribution >= 0.6 is 0 Å². The second-order valence-electron chi connectivity index (χ2n) is 4.45. The van der Waals surface area contributed by atoms with E-state index in [0.29, 0.717) is 11.5 Å². The van der Waals surface area contributed by atoms with Gasteiger partial charge in [-0.25, -0.2) is 8.42 Å². The molecule has 2 aliphatic rings. The van der Waals surface area contributed by atoms with Gasteiger partial charge in [0.1, 0.15) is 0 Å². The molecule has 0 radical (unpaired) electrons. The van der Waals surface area contributed by atoms with Crippen molar-refractivity contribution in [3.63, 3.8) is 0 Å². The summed E-state index contributed by atoms with van der Waals surface area (Å²) in [5.74, 6) is 0.711.